The lowest BCUT2D eigenvalue weighted by Crippen LogP contribution is -2.38. The molecule has 2 N–H and O–H groups in total. The van der Waals surface area contributed by atoms with Crippen molar-refractivity contribution in [1.82, 2.24) is 15.6 Å². The average molecular weight is 490 g/mol. The highest BCUT2D eigenvalue weighted by Gasteiger charge is 2.04. The number of nitro benzene ring substituents is 1. The lowest BCUT2D eigenvalue weighted by atomic mass is 10.2. The molecule has 0 fully saturated rings. The third kappa shape index (κ3) is 7.52. The number of nitrogens with zero attached hydrogens (tertiary/aromatic N) is 3. The van der Waals surface area contributed by atoms with Crippen molar-refractivity contribution in [2.75, 3.05) is 13.1 Å². The largest absolute Gasteiger partial charge is 0.357 e. The SMILES string of the molecule is CCNC(=NCc1ccc([N+](=O)[O-])cc1)NCCc1ccc(Cl)nc1.I. The van der Waals surface area contributed by atoms with Crippen LogP contribution in [0, 0.1) is 10.1 Å². The maximum absolute atomic E-state index is 10.7. The van der Waals surface area contributed by atoms with Crippen LogP contribution in [-0.4, -0.2) is 29.0 Å². The predicted octanol–water partition coefficient (Wildman–Crippen LogP) is 3.56. The van der Waals surface area contributed by atoms with E-state index in [0.29, 0.717) is 24.2 Å². The molecule has 0 spiro atoms. The third-order valence-corrected chi connectivity index (χ3v) is 3.63. The number of nitrogens with one attached hydrogen (secondary N) is 2. The Balaban J connectivity index is 0.00000338. The normalized spacial score (nSPS) is 10.8. The fourth-order valence-corrected chi connectivity index (χ4v) is 2.23. The number of rotatable bonds is 7. The number of guanidine groups is 1. The Morgan fingerprint density at radius 1 is 1.19 bits per heavy atom. The molecule has 0 atom stereocenters. The summed E-state index contributed by atoms with van der Waals surface area (Å²) in [5.41, 5.74) is 2.07. The van der Waals surface area contributed by atoms with Crippen LogP contribution in [0.3, 0.4) is 0 Å². The highest BCUT2D eigenvalue weighted by atomic mass is 127. The topological polar surface area (TPSA) is 92.5 Å². The van der Waals surface area contributed by atoms with E-state index in [4.69, 9.17) is 11.6 Å². The van der Waals surface area contributed by atoms with Crippen molar-refractivity contribution < 1.29 is 4.92 Å². The van der Waals surface area contributed by atoms with Gasteiger partial charge in [-0.15, -0.1) is 24.0 Å². The van der Waals surface area contributed by atoms with Crippen LogP contribution in [0.1, 0.15) is 18.1 Å². The Hall–Kier alpha value is -1.94. The highest BCUT2D eigenvalue weighted by Crippen LogP contribution is 2.12. The minimum Gasteiger partial charge on any atom is -0.357 e. The molecule has 0 unspecified atom stereocenters. The Morgan fingerprint density at radius 2 is 1.88 bits per heavy atom. The number of non-ortho nitro benzene ring substituents is 1. The van der Waals surface area contributed by atoms with Gasteiger partial charge in [0.2, 0.25) is 0 Å². The van der Waals surface area contributed by atoms with Crippen LogP contribution in [0.5, 0.6) is 0 Å². The Morgan fingerprint density at radius 3 is 2.46 bits per heavy atom. The summed E-state index contributed by atoms with van der Waals surface area (Å²) in [6.45, 7) is 3.88. The molecule has 0 amide bonds. The summed E-state index contributed by atoms with van der Waals surface area (Å²) < 4.78 is 0. The third-order valence-electron chi connectivity index (χ3n) is 3.41. The van der Waals surface area contributed by atoms with E-state index in [1.165, 1.54) is 12.1 Å². The molecule has 2 aromatic rings. The minimum absolute atomic E-state index is 0. The molecule has 1 aromatic heterocycles. The number of aromatic nitrogens is 1. The Labute approximate surface area is 174 Å². The minimum atomic E-state index is -0.412. The van der Waals surface area contributed by atoms with Gasteiger partial charge in [-0.05, 0) is 30.5 Å². The molecule has 140 valence electrons. The number of hydrogen-bond donors (Lipinski definition) is 2. The quantitative estimate of drug-likeness (QED) is 0.155. The lowest BCUT2D eigenvalue weighted by Gasteiger charge is -2.11. The van der Waals surface area contributed by atoms with Gasteiger partial charge in [-0.1, -0.05) is 29.8 Å². The number of halogens is 2. The number of hydrogen-bond acceptors (Lipinski definition) is 4. The summed E-state index contributed by atoms with van der Waals surface area (Å²) in [4.78, 5) is 18.8. The summed E-state index contributed by atoms with van der Waals surface area (Å²) >= 11 is 5.77. The van der Waals surface area contributed by atoms with Gasteiger partial charge in [0.05, 0.1) is 11.5 Å². The second kappa shape index (κ2) is 11.6. The molecule has 0 radical (unpaired) electrons. The van der Waals surface area contributed by atoms with Gasteiger partial charge < -0.3 is 10.6 Å². The van der Waals surface area contributed by atoms with Crippen molar-refractivity contribution in [2.45, 2.75) is 19.9 Å². The molecule has 0 aliphatic heterocycles. The lowest BCUT2D eigenvalue weighted by molar-refractivity contribution is -0.384. The van der Waals surface area contributed by atoms with E-state index in [0.717, 1.165) is 24.1 Å². The first-order valence-corrected chi connectivity index (χ1v) is 8.32. The number of nitro groups is 1. The summed E-state index contributed by atoms with van der Waals surface area (Å²) in [5.74, 6) is 0.697. The van der Waals surface area contributed by atoms with Crippen LogP contribution >= 0.6 is 35.6 Å². The number of benzene rings is 1. The van der Waals surface area contributed by atoms with Crippen molar-refractivity contribution >= 4 is 47.2 Å². The molecule has 1 heterocycles. The van der Waals surface area contributed by atoms with E-state index in [1.54, 1.807) is 24.4 Å². The van der Waals surface area contributed by atoms with Crippen molar-refractivity contribution in [3.05, 3.63) is 69.0 Å². The summed E-state index contributed by atoms with van der Waals surface area (Å²) in [6, 6.07) is 10.1. The van der Waals surface area contributed by atoms with Gasteiger partial charge in [-0.25, -0.2) is 9.98 Å². The zero-order valence-corrected chi connectivity index (χ0v) is 17.4. The highest BCUT2D eigenvalue weighted by molar-refractivity contribution is 14.0. The molecule has 2 rings (SSSR count). The van der Waals surface area contributed by atoms with E-state index in [1.807, 2.05) is 13.0 Å². The van der Waals surface area contributed by atoms with Gasteiger partial charge >= 0.3 is 0 Å². The molecule has 0 bridgehead atoms. The van der Waals surface area contributed by atoms with Crippen LogP contribution in [0.4, 0.5) is 5.69 Å². The predicted molar refractivity (Wildman–Crippen MR) is 114 cm³/mol. The van der Waals surface area contributed by atoms with Gasteiger partial charge in [-0.3, -0.25) is 10.1 Å². The zero-order chi connectivity index (χ0) is 18.1. The first-order chi connectivity index (χ1) is 12.1. The van der Waals surface area contributed by atoms with Crippen LogP contribution < -0.4 is 10.6 Å². The second-order valence-electron chi connectivity index (χ2n) is 5.28. The van der Waals surface area contributed by atoms with E-state index < -0.39 is 4.92 Å². The average Bonchev–Trinajstić information content (AvgIpc) is 2.61. The molecule has 0 aliphatic carbocycles. The van der Waals surface area contributed by atoms with Crippen LogP contribution in [0.15, 0.2) is 47.6 Å². The molecule has 7 nitrogen and oxygen atoms in total. The van der Waals surface area contributed by atoms with E-state index in [2.05, 4.69) is 20.6 Å². The fourth-order valence-electron chi connectivity index (χ4n) is 2.11. The van der Waals surface area contributed by atoms with Gasteiger partial charge in [-0.2, -0.15) is 0 Å². The molecule has 0 saturated heterocycles. The van der Waals surface area contributed by atoms with E-state index in [9.17, 15) is 10.1 Å². The van der Waals surface area contributed by atoms with E-state index in [-0.39, 0.29) is 29.7 Å². The van der Waals surface area contributed by atoms with Gasteiger partial charge in [0, 0.05) is 31.4 Å². The van der Waals surface area contributed by atoms with E-state index >= 15 is 0 Å². The molecule has 0 saturated carbocycles. The smallest absolute Gasteiger partial charge is 0.269 e. The van der Waals surface area contributed by atoms with Gasteiger partial charge in [0.25, 0.3) is 5.69 Å². The Kier molecular flexibility index (Phi) is 9.89. The zero-order valence-electron chi connectivity index (χ0n) is 14.3. The fraction of sp³-hybridized carbons (Fsp3) is 0.294. The van der Waals surface area contributed by atoms with Crippen LogP contribution in [-0.2, 0) is 13.0 Å². The molecule has 0 aliphatic rings. The summed E-state index contributed by atoms with van der Waals surface area (Å²) in [6.07, 6.45) is 2.55. The second-order valence-corrected chi connectivity index (χ2v) is 5.67. The Bertz CT molecular complexity index is 723. The first-order valence-electron chi connectivity index (χ1n) is 7.94. The van der Waals surface area contributed by atoms with Crippen molar-refractivity contribution in [1.29, 1.82) is 0 Å². The molecular formula is C17H21ClIN5O2. The first kappa shape index (κ1) is 22.1. The molecule has 9 heteroatoms. The van der Waals surface area contributed by atoms with Crippen molar-refractivity contribution in [2.24, 2.45) is 4.99 Å². The van der Waals surface area contributed by atoms with Crippen LogP contribution in [0.25, 0.3) is 0 Å². The summed E-state index contributed by atoms with van der Waals surface area (Å²) in [7, 11) is 0. The molecular weight excluding hydrogens is 469 g/mol. The maximum Gasteiger partial charge on any atom is 0.269 e. The number of aliphatic imine (C=N–C) groups is 1. The maximum atomic E-state index is 10.7. The summed E-state index contributed by atoms with van der Waals surface area (Å²) in [5, 5.41) is 17.6. The number of pyridine rings is 1. The van der Waals surface area contributed by atoms with Gasteiger partial charge in [0.1, 0.15) is 5.15 Å². The monoisotopic (exact) mass is 489 g/mol. The molecule has 1 aromatic carbocycles. The van der Waals surface area contributed by atoms with Crippen LogP contribution in [0.2, 0.25) is 5.15 Å². The van der Waals surface area contributed by atoms with Crippen molar-refractivity contribution in [3.8, 4) is 0 Å². The van der Waals surface area contributed by atoms with Crippen molar-refractivity contribution in [3.63, 3.8) is 0 Å². The van der Waals surface area contributed by atoms with Gasteiger partial charge in [0.15, 0.2) is 5.96 Å². The standard InChI is InChI=1S/C17H20ClN5O2.HI/c1-2-19-17(20-10-9-14-5-8-16(18)21-11-14)22-12-13-3-6-15(7-4-13)23(24)25;/h3-8,11H,2,9-10,12H2,1H3,(H2,19,20,22);1H. The molecule has 26 heavy (non-hydrogen) atoms.